The predicted octanol–water partition coefficient (Wildman–Crippen LogP) is 2.08. The maximum absolute atomic E-state index is 12.4. The summed E-state index contributed by atoms with van der Waals surface area (Å²) in [6, 6.07) is 0.586. The maximum atomic E-state index is 12.4. The summed E-state index contributed by atoms with van der Waals surface area (Å²) in [6.45, 7) is 11.1. The standard InChI is InChI=1S/C16H33N3O/c1-4-7-14(3)16(20)19-11-6-10-18(12-13-19)15(5-2)8-9-17/h14-15H,4-13,17H2,1-3H3. The highest BCUT2D eigenvalue weighted by Gasteiger charge is 2.25. The first-order valence-corrected chi connectivity index (χ1v) is 8.36. The lowest BCUT2D eigenvalue weighted by molar-refractivity contribution is -0.135. The summed E-state index contributed by atoms with van der Waals surface area (Å²) in [6.07, 6.45) is 5.39. The Kier molecular flexibility index (Phi) is 8.15. The summed E-state index contributed by atoms with van der Waals surface area (Å²) in [7, 11) is 0. The van der Waals surface area contributed by atoms with Crippen LogP contribution in [0.2, 0.25) is 0 Å². The lowest BCUT2D eigenvalue weighted by atomic mass is 10.0. The summed E-state index contributed by atoms with van der Waals surface area (Å²) in [5.41, 5.74) is 5.71. The molecular formula is C16H33N3O. The van der Waals surface area contributed by atoms with Crippen LogP contribution >= 0.6 is 0 Å². The molecule has 0 radical (unpaired) electrons. The van der Waals surface area contributed by atoms with Gasteiger partial charge in [-0.3, -0.25) is 9.69 Å². The zero-order chi connectivity index (χ0) is 15.0. The molecule has 4 nitrogen and oxygen atoms in total. The summed E-state index contributed by atoms with van der Waals surface area (Å²) in [5, 5.41) is 0. The van der Waals surface area contributed by atoms with Crippen LogP contribution in [0.1, 0.15) is 52.9 Å². The minimum absolute atomic E-state index is 0.178. The van der Waals surface area contributed by atoms with E-state index in [4.69, 9.17) is 5.73 Å². The molecule has 0 saturated carbocycles. The van der Waals surface area contributed by atoms with E-state index < -0.39 is 0 Å². The molecule has 1 heterocycles. The van der Waals surface area contributed by atoms with E-state index in [9.17, 15) is 4.79 Å². The highest BCUT2D eigenvalue weighted by atomic mass is 16.2. The maximum Gasteiger partial charge on any atom is 0.225 e. The minimum atomic E-state index is 0.178. The summed E-state index contributed by atoms with van der Waals surface area (Å²) >= 11 is 0. The largest absolute Gasteiger partial charge is 0.341 e. The van der Waals surface area contributed by atoms with E-state index in [0.29, 0.717) is 11.9 Å². The third-order valence-corrected chi connectivity index (χ3v) is 4.47. The Morgan fingerprint density at radius 1 is 1.15 bits per heavy atom. The van der Waals surface area contributed by atoms with Crippen molar-refractivity contribution in [1.82, 2.24) is 9.80 Å². The van der Waals surface area contributed by atoms with Gasteiger partial charge in [0.25, 0.3) is 0 Å². The molecule has 0 aromatic carbocycles. The molecule has 1 aliphatic heterocycles. The SMILES string of the molecule is CCCC(C)C(=O)N1CCCN(C(CC)CCN)CC1. The Labute approximate surface area is 124 Å². The van der Waals surface area contributed by atoms with Crippen LogP contribution in [0.15, 0.2) is 0 Å². The van der Waals surface area contributed by atoms with Gasteiger partial charge in [0.1, 0.15) is 0 Å². The first kappa shape index (κ1) is 17.4. The summed E-state index contributed by atoms with van der Waals surface area (Å²) < 4.78 is 0. The molecule has 1 fully saturated rings. The van der Waals surface area contributed by atoms with Gasteiger partial charge < -0.3 is 10.6 Å². The molecule has 20 heavy (non-hydrogen) atoms. The second-order valence-corrected chi connectivity index (χ2v) is 6.04. The second kappa shape index (κ2) is 9.35. The molecule has 118 valence electrons. The fourth-order valence-corrected chi connectivity index (χ4v) is 3.23. The quantitative estimate of drug-likeness (QED) is 0.778. The molecule has 1 rings (SSSR count). The number of nitrogens with zero attached hydrogens (tertiary/aromatic N) is 2. The van der Waals surface area contributed by atoms with Crippen molar-refractivity contribution in [3.05, 3.63) is 0 Å². The molecule has 2 unspecified atom stereocenters. The number of carbonyl (C=O) groups excluding carboxylic acids is 1. The van der Waals surface area contributed by atoms with Crippen molar-refractivity contribution in [3.8, 4) is 0 Å². The van der Waals surface area contributed by atoms with E-state index in [-0.39, 0.29) is 5.92 Å². The lowest BCUT2D eigenvalue weighted by Crippen LogP contribution is -2.41. The van der Waals surface area contributed by atoms with Crippen LogP contribution < -0.4 is 5.73 Å². The Bertz CT molecular complexity index is 283. The molecule has 1 saturated heterocycles. The number of nitrogens with two attached hydrogens (primary N) is 1. The van der Waals surface area contributed by atoms with Gasteiger partial charge >= 0.3 is 0 Å². The second-order valence-electron chi connectivity index (χ2n) is 6.04. The summed E-state index contributed by atoms with van der Waals surface area (Å²) in [5.74, 6) is 0.526. The van der Waals surface area contributed by atoms with Gasteiger partial charge in [0, 0.05) is 38.1 Å². The van der Waals surface area contributed by atoms with E-state index in [1.165, 1.54) is 0 Å². The zero-order valence-corrected chi connectivity index (χ0v) is 13.6. The molecule has 0 aromatic heterocycles. The normalized spacial score (nSPS) is 20.5. The van der Waals surface area contributed by atoms with E-state index in [1.807, 2.05) is 0 Å². The smallest absolute Gasteiger partial charge is 0.225 e. The highest BCUT2D eigenvalue weighted by Crippen LogP contribution is 2.15. The first-order valence-electron chi connectivity index (χ1n) is 8.36. The van der Waals surface area contributed by atoms with Crippen molar-refractivity contribution in [2.45, 2.75) is 58.9 Å². The van der Waals surface area contributed by atoms with Gasteiger partial charge in [-0.05, 0) is 32.2 Å². The molecule has 2 atom stereocenters. The van der Waals surface area contributed by atoms with E-state index in [0.717, 1.165) is 64.8 Å². The van der Waals surface area contributed by atoms with E-state index in [1.54, 1.807) is 0 Å². The molecule has 1 amide bonds. The van der Waals surface area contributed by atoms with Crippen molar-refractivity contribution >= 4 is 5.91 Å². The number of hydrogen-bond donors (Lipinski definition) is 1. The van der Waals surface area contributed by atoms with Gasteiger partial charge in [-0.15, -0.1) is 0 Å². The Hall–Kier alpha value is -0.610. The lowest BCUT2D eigenvalue weighted by Gasteiger charge is -2.30. The van der Waals surface area contributed by atoms with Crippen LogP contribution in [-0.4, -0.2) is 54.5 Å². The molecule has 1 aliphatic rings. The highest BCUT2D eigenvalue weighted by molar-refractivity contribution is 5.78. The number of rotatable bonds is 7. The van der Waals surface area contributed by atoms with Crippen molar-refractivity contribution in [2.24, 2.45) is 11.7 Å². The topological polar surface area (TPSA) is 49.6 Å². The minimum Gasteiger partial charge on any atom is -0.341 e. The average Bonchev–Trinajstić information content (AvgIpc) is 2.70. The molecule has 2 N–H and O–H groups in total. The zero-order valence-electron chi connectivity index (χ0n) is 13.6. The summed E-state index contributed by atoms with van der Waals surface area (Å²) in [4.78, 5) is 17.0. The monoisotopic (exact) mass is 283 g/mol. The van der Waals surface area contributed by atoms with Crippen molar-refractivity contribution in [2.75, 3.05) is 32.7 Å². The van der Waals surface area contributed by atoms with Crippen LogP contribution in [0.5, 0.6) is 0 Å². The third kappa shape index (κ3) is 5.06. The van der Waals surface area contributed by atoms with Gasteiger partial charge in [-0.1, -0.05) is 27.2 Å². The Balaban J connectivity index is 2.52. The van der Waals surface area contributed by atoms with Crippen molar-refractivity contribution < 1.29 is 4.79 Å². The Morgan fingerprint density at radius 3 is 2.50 bits per heavy atom. The number of amides is 1. The van der Waals surface area contributed by atoms with Gasteiger partial charge in [0.15, 0.2) is 0 Å². The number of carbonyl (C=O) groups is 1. The fraction of sp³-hybridized carbons (Fsp3) is 0.938. The van der Waals surface area contributed by atoms with Crippen LogP contribution in [0.3, 0.4) is 0 Å². The van der Waals surface area contributed by atoms with Crippen LogP contribution in [0.4, 0.5) is 0 Å². The average molecular weight is 283 g/mol. The molecule has 4 heteroatoms. The molecule has 0 spiro atoms. The number of hydrogen-bond acceptors (Lipinski definition) is 3. The van der Waals surface area contributed by atoms with E-state index in [2.05, 4.69) is 30.6 Å². The van der Waals surface area contributed by atoms with Gasteiger partial charge in [0.2, 0.25) is 5.91 Å². The van der Waals surface area contributed by atoms with Crippen LogP contribution in [-0.2, 0) is 4.79 Å². The van der Waals surface area contributed by atoms with Crippen molar-refractivity contribution in [3.63, 3.8) is 0 Å². The third-order valence-electron chi connectivity index (χ3n) is 4.47. The predicted molar refractivity (Wildman–Crippen MR) is 84.6 cm³/mol. The molecule has 0 bridgehead atoms. The van der Waals surface area contributed by atoms with Crippen LogP contribution in [0, 0.1) is 5.92 Å². The van der Waals surface area contributed by atoms with E-state index >= 15 is 0 Å². The first-order chi connectivity index (χ1) is 9.63. The van der Waals surface area contributed by atoms with Crippen LogP contribution in [0.25, 0.3) is 0 Å². The van der Waals surface area contributed by atoms with Crippen molar-refractivity contribution in [1.29, 1.82) is 0 Å². The molecular weight excluding hydrogens is 250 g/mol. The van der Waals surface area contributed by atoms with Gasteiger partial charge in [-0.2, -0.15) is 0 Å². The molecule has 0 aliphatic carbocycles. The van der Waals surface area contributed by atoms with Gasteiger partial charge in [0.05, 0.1) is 0 Å². The fourth-order valence-electron chi connectivity index (χ4n) is 3.23. The Morgan fingerprint density at radius 2 is 1.90 bits per heavy atom. The van der Waals surface area contributed by atoms with Gasteiger partial charge in [-0.25, -0.2) is 0 Å². The molecule has 0 aromatic rings.